The Morgan fingerprint density at radius 1 is 1.23 bits per heavy atom. The van der Waals surface area contributed by atoms with Crippen molar-refractivity contribution in [2.24, 2.45) is 0 Å². The van der Waals surface area contributed by atoms with Crippen LogP contribution in [0.25, 0.3) is 0 Å². The van der Waals surface area contributed by atoms with Gasteiger partial charge in [0.25, 0.3) is 0 Å². The summed E-state index contributed by atoms with van der Waals surface area (Å²) in [5, 5.41) is 9.64. The summed E-state index contributed by atoms with van der Waals surface area (Å²) in [5.41, 5.74) is 3.45. The monoisotopic (exact) mass is 179 g/mol. The molecule has 2 heteroatoms. The Morgan fingerprint density at radius 2 is 1.85 bits per heavy atom. The minimum Gasteiger partial charge on any atom is -0.508 e. The predicted molar refractivity (Wildman–Crippen MR) is 55.0 cm³/mol. The van der Waals surface area contributed by atoms with Crippen molar-refractivity contribution in [3.8, 4) is 5.75 Å². The van der Waals surface area contributed by atoms with Crippen LogP contribution in [0.15, 0.2) is 12.1 Å². The predicted octanol–water partition coefficient (Wildman–Crippen LogP) is 2.07. The molecule has 1 aromatic rings. The van der Waals surface area contributed by atoms with E-state index in [0.717, 1.165) is 12.1 Å². The Balaban J connectivity index is 3.10. The molecule has 0 aliphatic rings. The van der Waals surface area contributed by atoms with E-state index < -0.39 is 0 Å². The van der Waals surface area contributed by atoms with E-state index in [-0.39, 0.29) is 0 Å². The summed E-state index contributed by atoms with van der Waals surface area (Å²) in [6.07, 6.45) is 0. The van der Waals surface area contributed by atoms with Gasteiger partial charge in [-0.25, -0.2) is 0 Å². The van der Waals surface area contributed by atoms with Crippen LogP contribution < -0.4 is 0 Å². The maximum atomic E-state index is 9.64. The van der Waals surface area contributed by atoms with Crippen molar-refractivity contribution < 1.29 is 5.11 Å². The van der Waals surface area contributed by atoms with E-state index in [2.05, 4.69) is 11.8 Å². The van der Waals surface area contributed by atoms with Gasteiger partial charge in [-0.2, -0.15) is 0 Å². The Morgan fingerprint density at radius 3 is 2.38 bits per heavy atom. The molecule has 0 saturated carbocycles. The highest BCUT2D eigenvalue weighted by Crippen LogP contribution is 2.24. The maximum Gasteiger partial charge on any atom is 0.120 e. The second kappa shape index (κ2) is 3.79. The van der Waals surface area contributed by atoms with Crippen LogP contribution in [0.4, 0.5) is 0 Å². The van der Waals surface area contributed by atoms with Crippen molar-refractivity contribution in [2.45, 2.75) is 20.4 Å². The number of rotatable bonds is 2. The lowest BCUT2D eigenvalue weighted by atomic mass is 10.0. The molecule has 2 nitrogen and oxygen atoms in total. The van der Waals surface area contributed by atoms with E-state index in [1.54, 1.807) is 6.07 Å². The number of hydrogen-bond acceptors (Lipinski definition) is 2. The number of aromatic hydroxyl groups is 1. The number of phenolic OH excluding ortho intramolecular Hbond substituents is 1. The average molecular weight is 179 g/mol. The number of benzene rings is 1. The quantitative estimate of drug-likeness (QED) is 0.751. The van der Waals surface area contributed by atoms with Crippen molar-refractivity contribution in [3.63, 3.8) is 0 Å². The van der Waals surface area contributed by atoms with Crippen LogP contribution in [0.2, 0.25) is 0 Å². The first-order valence-electron chi connectivity index (χ1n) is 4.45. The summed E-state index contributed by atoms with van der Waals surface area (Å²) in [7, 11) is 4.00. The van der Waals surface area contributed by atoms with Gasteiger partial charge >= 0.3 is 0 Å². The zero-order chi connectivity index (χ0) is 10.0. The van der Waals surface area contributed by atoms with Crippen molar-refractivity contribution in [1.29, 1.82) is 0 Å². The number of phenols is 1. The Labute approximate surface area is 79.8 Å². The molecular formula is C11H17NO. The van der Waals surface area contributed by atoms with Crippen LogP contribution in [0.5, 0.6) is 5.75 Å². The van der Waals surface area contributed by atoms with E-state index >= 15 is 0 Å². The van der Waals surface area contributed by atoms with Crippen molar-refractivity contribution in [3.05, 3.63) is 28.8 Å². The van der Waals surface area contributed by atoms with Crippen molar-refractivity contribution >= 4 is 0 Å². The van der Waals surface area contributed by atoms with Crippen molar-refractivity contribution in [1.82, 2.24) is 4.90 Å². The Hall–Kier alpha value is -1.02. The first-order valence-corrected chi connectivity index (χ1v) is 4.45. The van der Waals surface area contributed by atoms with Crippen LogP contribution in [0.1, 0.15) is 16.7 Å². The molecule has 0 spiro atoms. The van der Waals surface area contributed by atoms with Crippen LogP contribution in [-0.4, -0.2) is 24.1 Å². The second-order valence-corrected chi connectivity index (χ2v) is 3.74. The van der Waals surface area contributed by atoms with Crippen LogP contribution in [-0.2, 0) is 6.54 Å². The van der Waals surface area contributed by atoms with Gasteiger partial charge in [0.1, 0.15) is 5.75 Å². The molecule has 0 aliphatic heterocycles. The summed E-state index contributed by atoms with van der Waals surface area (Å²) < 4.78 is 0. The van der Waals surface area contributed by atoms with Gasteiger partial charge in [0.15, 0.2) is 0 Å². The molecule has 0 unspecified atom stereocenters. The molecule has 0 fully saturated rings. The molecule has 0 bridgehead atoms. The minimum atomic E-state index is 0.400. The van der Waals surface area contributed by atoms with Gasteiger partial charge in [-0.1, -0.05) is 6.07 Å². The molecule has 72 valence electrons. The average Bonchev–Trinajstić information content (AvgIpc) is 2.05. The highest BCUT2D eigenvalue weighted by Gasteiger charge is 2.07. The third-order valence-electron chi connectivity index (χ3n) is 2.32. The lowest BCUT2D eigenvalue weighted by molar-refractivity contribution is 0.384. The molecule has 1 N–H and O–H groups in total. The number of nitrogens with zero attached hydrogens (tertiary/aromatic N) is 1. The largest absolute Gasteiger partial charge is 0.508 e. The highest BCUT2D eigenvalue weighted by atomic mass is 16.3. The van der Waals surface area contributed by atoms with Gasteiger partial charge in [-0.3, -0.25) is 0 Å². The fraction of sp³-hybridized carbons (Fsp3) is 0.455. The van der Waals surface area contributed by atoms with E-state index in [1.807, 2.05) is 27.1 Å². The fourth-order valence-electron chi connectivity index (χ4n) is 1.38. The Bertz CT molecular complexity index is 305. The zero-order valence-corrected chi connectivity index (χ0v) is 8.76. The molecule has 1 aromatic carbocycles. The third kappa shape index (κ3) is 2.22. The molecule has 0 aromatic heterocycles. The molecule has 0 saturated heterocycles. The zero-order valence-electron chi connectivity index (χ0n) is 8.76. The smallest absolute Gasteiger partial charge is 0.120 e. The fourth-order valence-corrected chi connectivity index (χ4v) is 1.38. The van der Waals surface area contributed by atoms with Crippen LogP contribution >= 0.6 is 0 Å². The minimum absolute atomic E-state index is 0.400. The summed E-state index contributed by atoms with van der Waals surface area (Å²) in [6.45, 7) is 4.90. The highest BCUT2D eigenvalue weighted by molar-refractivity contribution is 5.42. The SMILES string of the molecule is Cc1ccc(O)c(CN(C)C)c1C. The summed E-state index contributed by atoms with van der Waals surface area (Å²) in [6, 6.07) is 3.71. The van der Waals surface area contributed by atoms with E-state index in [0.29, 0.717) is 5.75 Å². The number of hydrogen-bond donors (Lipinski definition) is 1. The van der Waals surface area contributed by atoms with Gasteiger partial charge in [0.05, 0.1) is 0 Å². The van der Waals surface area contributed by atoms with E-state index in [9.17, 15) is 5.11 Å². The lowest BCUT2D eigenvalue weighted by Gasteiger charge is -2.15. The standard InChI is InChI=1S/C11H17NO/c1-8-5-6-11(13)10(9(8)2)7-12(3)4/h5-6,13H,7H2,1-4H3. The molecule has 0 radical (unpaired) electrons. The van der Waals surface area contributed by atoms with Gasteiger partial charge in [-0.05, 0) is 45.1 Å². The first-order chi connectivity index (χ1) is 6.02. The molecule has 0 atom stereocenters. The summed E-state index contributed by atoms with van der Waals surface area (Å²) in [4.78, 5) is 2.06. The van der Waals surface area contributed by atoms with Crippen LogP contribution in [0, 0.1) is 13.8 Å². The van der Waals surface area contributed by atoms with Crippen LogP contribution in [0.3, 0.4) is 0 Å². The van der Waals surface area contributed by atoms with E-state index in [1.165, 1.54) is 11.1 Å². The van der Waals surface area contributed by atoms with Gasteiger partial charge in [-0.15, -0.1) is 0 Å². The maximum absolute atomic E-state index is 9.64. The normalized spacial score (nSPS) is 10.8. The van der Waals surface area contributed by atoms with Gasteiger partial charge in [0, 0.05) is 12.1 Å². The summed E-state index contributed by atoms with van der Waals surface area (Å²) in [5.74, 6) is 0.400. The molecular weight excluding hydrogens is 162 g/mol. The molecule has 0 heterocycles. The Kier molecular flexibility index (Phi) is 2.94. The van der Waals surface area contributed by atoms with Crippen molar-refractivity contribution in [2.75, 3.05) is 14.1 Å². The van der Waals surface area contributed by atoms with Gasteiger partial charge in [0.2, 0.25) is 0 Å². The second-order valence-electron chi connectivity index (χ2n) is 3.74. The first kappa shape index (κ1) is 10.1. The van der Waals surface area contributed by atoms with E-state index in [4.69, 9.17) is 0 Å². The third-order valence-corrected chi connectivity index (χ3v) is 2.32. The summed E-state index contributed by atoms with van der Waals surface area (Å²) >= 11 is 0. The lowest BCUT2D eigenvalue weighted by Crippen LogP contribution is -2.12. The molecule has 1 rings (SSSR count). The topological polar surface area (TPSA) is 23.5 Å². The molecule has 13 heavy (non-hydrogen) atoms. The van der Waals surface area contributed by atoms with Gasteiger partial charge < -0.3 is 10.0 Å². The molecule has 0 amide bonds. The molecule has 0 aliphatic carbocycles. The number of aryl methyl sites for hydroxylation is 1.